The summed E-state index contributed by atoms with van der Waals surface area (Å²) in [6, 6.07) is 0. The lowest BCUT2D eigenvalue weighted by molar-refractivity contribution is 0.652. The van der Waals surface area contributed by atoms with Crippen LogP contribution in [0.3, 0.4) is 0 Å². The Kier molecular flexibility index (Phi) is 5.36. The molecule has 0 saturated heterocycles. The maximum absolute atomic E-state index is 4.42. The van der Waals surface area contributed by atoms with Gasteiger partial charge in [0.25, 0.3) is 0 Å². The highest BCUT2D eigenvalue weighted by Crippen LogP contribution is 2.25. The fourth-order valence-corrected chi connectivity index (χ4v) is 3.93. The highest BCUT2D eigenvalue weighted by Gasteiger charge is 2.06. The molecule has 0 saturated carbocycles. The standard InChI is InChI=1S/C9H14BrNS2/c1-3-8(4-10)6-13-9-11-7(2)5-12-9/h5,8H,3-4,6H2,1-2H3. The third-order valence-corrected chi connectivity index (χ3v) is 5.12. The molecular formula is C9H14BrNS2. The zero-order valence-electron chi connectivity index (χ0n) is 7.92. The monoisotopic (exact) mass is 279 g/mol. The molecule has 0 aliphatic rings. The average Bonchev–Trinajstić information content (AvgIpc) is 2.53. The third kappa shape index (κ3) is 4.00. The van der Waals surface area contributed by atoms with E-state index in [0.717, 1.165) is 16.9 Å². The fourth-order valence-electron chi connectivity index (χ4n) is 0.859. The fraction of sp³-hybridized carbons (Fsp3) is 0.667. The number of nitrogens with zero attached hydrogens (tertiary/aromatic N) is 1. The van der Waals surface area contributed by atoms with Crippen LogP contribution in [0.4, 0.5) is 0 Å². The molecule has 0 aromatic carbocycles. The number of halogens is 1. The molecule has 0 radical (unpaired) electrons. The molecule has 0 N–H and O–H groups in total. The summed E-state index contributed by atoms with van der Waals surface area (Å²) in [5.74, 6) is 1.95. The Bertz CT molecular complexity index is 246. The van der Waals surface area contributed by atoms with E-state index in [-0.39, 0.29) is 0 Å². The third-order valence-electron chi connectivity index (χ3n) is 1.84. The normalized spacial score (nSPS) is 13.2. The second-order valence-electron chi connectivity index (χ2n) is 2.99. The zero-order valence-corrected chi connectivity index (χ0v) is 11.1. The van der Waals surface area contributed by atoms with Crippen LogP contribution in [0.1, 0.15) is 19.0 Å². The number of thioether (sulfide) groups is 1. The summed E-state index contributed by atoms with van der Waals surface area (Å²) < 4.78 is 1.21. The van der Waals surface area contributed by atoms with Gasteiger partial charge < -0.3 is 0 Å². The number of aryl methyl sites for hydroxylation is 1. The van der Waals surface area contributed by atoms with Crippen LogP contribution in [0.5, 0.6) is 0 Å². The summed E-state index contributed by atoms with van der Waals surface area (Å²) in [6.45, 7) is 4.28. The Morgan fingerprint density at radius 2 is 2.46 bits per heavy atom. The van der Waals surface area contributed by atoms with Crippen molar-refractivity contribution in [2.75, 3.05) is 11.1 Å². The van der Waals surface area contributed by atoms with Gasteiger partial charge in [-0.2, -0.15) is 0 Å². The Hall–Kier alpha value is 0.460. The minimum absolute atomic E-state index is 0.772. The van der Waals surface area contributed by atoms with E-state index in [1.54, 1.807) is 11.3 Å². The maximum atomic E-state index is 4.42. The molecule has 4 heteroatoms. The van der Waals surface area contributed by atoms with Crippen molar-refractivity contribution < 1.29 is 0 Å². The van der Waals surface area contributed by atoms with Crippen LogP contribution in [-0.2, 0) is 0 Å². The lowest BCUT2D eigenvalue weighted by atomic mass is 10.2. The van der Waals surface area contributed by atoms with Crippen molar-refractivity contribution in [3.8, 4) is 0 Å². The molecule has 0 aliphatic carbocycles. The van der Waals surface area contributed by atoms with Gasteiger partial charge in [-0.3, -0.25) is 0 Å². The first-order valence-electron chi connectivity index (χ1n) is 4.37. The van der Waals surface area contributed by atoms with Gasteiger partial charge in [-0.1, -0.05) is 41.0 Å². The lowest BCUT2D eigenvalue weighted by Crippen LogP contribution is -2.02. The molecule has 1 aromatic heterocycles. The van der Waals surface area contributed by atoms with Gasteiger partial charge in [0.2, 0.25) is 0 Å². The van der Waals surface area contributed by atoms with Gasteiger partial charge in [0.15, 0.2) is 0 Å². The van der Waals surface area contributed by atoms with Crippen molar-refractivity contribution >= 4 is 39.0 Å². The predicted octanol–water partition coefficient (Wildman–Crippen LogP) is 3.96. The number of alkyl halides is 1. The first-order valence-corrected chi connectivity index (χ1v) is 7.35. The molecule has 13 heavy (non-hydrogen) atoms. The number of rotatable bonds is 5. The maximum Gasteiger partial charge on any atom is 0.150 e. The Balaban J connectivity index is 2.33. The summed E-state index contributed by atoms with van der Waals surface area (Å²) >= 11 is 7.15. The summed E-state index contributed by atoms with van der Waals surface area (Å²) in [5, 5.41) is 3.21. The van der Waals surface area contributed by atoms with Crippen molar-refractivity contribution in [2.45, 2.75) is 24.6 Å². The van der Waals surface area contributed by atoms with E-state index < -0.39 is 0 Å². The minimum atomic E-state index is 0.772. The molecule has 1 unspecified atom stereocenters. The van der Waals surface area contributed by atoms with E-state index in [9.17, 15) is 0 Å². The minimum Gasteiger partial charge on any atom is -0.235 e. The van der Waals surface area contributed by atoms with E-state index in [2.05, 4.69) is 33.2 Å². The number of hydrogen-bond acceptors (Lipinski definition) is 3. The van der Waals surface area contributed by atoms with Crippen LogP contribution in [0.2, 0.25) is 0 Å². The SMILES string of the molecule is CCC(CBr)CSc1nc(C)cs1. The Labute approximate surface area is 96.5 Å². The van der Waals surface area contributed by atoms with Crippen LogP contribution in [0.15, 0.2) is 9.72 Å². The number of thiazole rings is 1. The molecule has 74 valence electrons. The van der Waals surface area contributed by atoms with Gasteiger partial charge in [-0.15, -0.1) is 11.3 Å². The van der Waals surface area contributed by atoms with Crippen LogP contribution in [0.25, 0.3) is 0 Å². The molecule has 0 spiro atoms. The first-order chi connectivity index (χ1) is 6.26. The van der Waals surface area contributed by atoms with Crippen molar-refractivity contribution in [1.82, 2.24) is 4.98 Å². The molecule has 1 atom stereocenters. The predicted molar refractivity (Wildman–Crippen MR) is 65.2 cm³/mol. The van der Waals surface area contributed by atoms with Crippen molar-refractivity contribution in [3.63, 3.8) is 0 Å². The Morgan fingerprint density at radius 1 is 1.69 bits per heavy atom. The van der Waals surface area contributed by atoms with E-state index >= 15 is 0 Å². The smallest absolute Gasteiger partial charge is 0.150 e. The molecule has 1 rings (SSSR count). The second-order valence-corrected chi connectivity index (χ2v) is 5.77. The summed E-state index contributed by atoms with van der Waals surface area (Å²) in [4.78, 5) is 4.42. The van der Waals surface area contributed by atoms with E-state index in [1.807, 2.05) is 18.7 Å². The number of aromatic nitrogens is 1. The van der Waals surface area contributed by atoms with Crippen LogP contribution in [0, 0.1) is 12.8 Å². The number of hydrogen-bond donors (Lipinski definition) is 0. The molecule has 0 bridgehead atoms. The van der Waals surface area contributed by atoms with Gasteiger partial charge in [-0.05, 0) is 12.8 Å². The molecule has 0 fully saturated rings. The molecule has 1 nitrogen and oxygen atoms in total. The van der Waals surface area contributed by atoms with Crippen molar-refractivity contribution in [3.05, 3.63) is 11.1 Å². The molecule has 0 aliphatic heterocycles. The van der Waals surface area contributed by atoms with Crippen LogP contribution >= 0.6 is 39.0 Å². The average molecular weight is 280 g/mol. The van der Waals surface area contributed by atoms with Crippen LogP contribution in [-0.4, -0.2) is 16.1 Å². The van der Waals surface area contributed by atoms with Gasteiger partial charge in [0, 0.05) is 22.2 Å². The Morgan fingerprint density at radius 3 is 2.92 bits per heavy atom. The van der Waals surface area contributed by atoms with Crippen molar-refractivity contribution in [2.24, 2.45) is 5.92 Å². The summed E-state index contributed by atoms with van der Waals surface area (Å²) in [7, 11) is 0. The highest BCUT2D eigenvalue weighted by atomic mass is 79.9. The summed E-state index contributed by atoms with van der Waals surface area (Å²) in [6.07, 6.45) is 1.24. The van der Waals surface area contributed by atoms with E-state index in [1.165, 1.54) is 16.5 Å². The van der Waals surface area contributed by atoms with E-state index in [4.69, 9.17) is 0 Å². The molecular weight excluding hydrogens is 266 g/mol. The van der Waals surface area contributed by atoms with Crippen LogP contribution < -0.4 is 0 Å². The van der Waals surface area contributed by atoms with Gasteiger partial charge >= 0.3 is 0 Å². The largest absolute Gasteiger partial charge is 0.235 e. The molecule has 1 aromatic rings. The first kappa shape index (κ1) is 11.5. The van der Waals surface area contributed by atoms with E-state index in [0.29, 0.717) is 0 Å². The lowest BCUT2D eigenvalue weighted by Gasteiger charge is -2.08. The topological polar surface area (TPSA) is 12.9 Å². The quantitative estimate of drug-likeness (QED) is 0.598. The zero-order chi connectivity index (χ0) is 9.68. The van der Waals surface area contributed by atoms with Gasteiger partial charge in [-0.25, -0.2) is 4.98 Å². The summed E-state index contributed by atoms with van der Waals surface area (Å²) in [5.41, 5.74) is 1.14. The highest BCUT2D eigenvalue weighted by molar-refractivity contribution is 9.09. The molecule has 1 heterocycles. The van der Waals surface area contributed by atoms with Gasteiger partial charge in [0.1, 0.15) is 4.34 Å². The second kappa shape index (κ2) is 6.04. The van der Waals surface area contributed by atoms with Gasteiger partial charge in [0.05, 0.1) is 0 Å². The molecule has 0 amide bonds. The van der Waals surface area contributed by atoms with Crippen molar-refractivity contribution in [1.29, 1.82) is 0 Å².